The molecule has 0 aliphatic carbocycles. The van der Waals surface area contributed by atoms with E-state index in [1.165, 1.54) is 12.1 Å². The maximum Gasteiger partial charge on any atom is 0.149 e. The summed E-state index contributed by atoms with van der Waals surface area (Å²) in [5.74, 6) is -0.958. The van der Waals surface area contributed by atoms with Crippen LogP contribution in [0.25, 0.3) is 0 Å². The van der Waals surface area contributed by atoms with Gasteiger partial charge in [0.2, 0.25) is 0 Å². The van der Waals surface area contributed by atoms with E-state index in [-0.39, 0.29) is 5.69 Å². The Labute approximate surface area is 119 Å². The van der Waals surface area contributed by atoms with Crippen LogP contribution in [0.3, 0.4) is 0 Å². The zero-order valence-electron chi connectivity index (χ0n) is 12.2. The third-order valence-electron chi connectivity index (χ3n) is 4.07. The smallest absolute Gasteiger partial charge is 0.149 e. The third kappa shape index (κ3) is 3.10. The molecule has 0 aromatic heterocycles. The Kier molecular flexibility index (Phi) is 4.94. The van der Waals surface area contributed by atoms with Crippen LogP contribution in [0, 0.1) is 11.6 Å². The first-order valence-electron chi connectivity index (χ1n) is 7.20. The molecule has 2 rings (SSSR count). The molecule has 0 amide bonds. The molecule has 1 aliphatic rings. The van der Waals surface area contributed by atoms with E-state index in [2.05, 4.69) is 18.9 Å². The molecule has 0 spiro atoms. The third-order valence-corrected chi connectivity index (χ3v) is 4.07. The molecule has 0 radical (unpaired) electrons. The van der Waals surface area contributed by atoms with Crippen molar-refractivity contribution in [1.29, 1.82) is 0 Å². The van der Waals surface area contributed by atoms with E-state index in [9.17, 15) is 8.78 Å². The fraction of sp³-hybridized carbons (Fsp3) is 0.600. The number of piperazine rings is 1. The maximum atomic E-state index is 14.2. The van der Waals surface area contributed by atoms with Crippen molar-refractivity contribution in [3.05, 3.63) is 29.3 Å². The highest BCUT2D eigenvalue weighted by Gasteiger charge is 2.26. The number of hydrogen-bond acceptors (Lipinski definition) is 3. The van der Waals surface area contributed by atoms with Gasteiger partial charge in [-0.25, -0.2) is 8.78 Å². The second-order valence-electron chi connectivity index (χ2n) is 5.44. The summed E-state index contributed by atoms with van der Waals surface area (Å²) >= 11 is 0. The monoisotopic (exact) mass is 283 g/mol. The van der Waals surface area contributed by atoms with Gasteiger partial charge in [0.1, 0.15) is 17.3 Å². The Morgan fingerprint density at radius 3 is 2.45 bits per heavy atom. The molecule has 2 N–H and O–H groups in total. The van der Waals surface area contributed by atoms with E-state index in [1.54, 1.807) is 0 Å². The van der Waals surface area contributed by atoms with E-state index in [0.717, 1.165) is 13.0 Å². The van der Waals surface area contributed by atoms with Gasteiger partial charge < -0.3 is 10.6 Å². The number of hydrogen-bond donors (Lipinski definition) is 1. The number of halogens is 2. The van der Waals surface area contributed by atoms with Gasteiger partial charge in [0.15, 0.2) is 0 Å². The molecule has 1 heterocycles. The molecule has 1 atom stereocenters. The lowest BCUT2D eigenvalue weighted by Gasteiger charge is -2.40. The second-order valence-corrected chi connectivity index (χ2v) is 5.44. The first-order valence-corrected chi connectivity index (χ1v) is 7.20. The Bertz CT molecular complexity index is 441. The molecule has 1 saturated heterocycles. The molecule has 1 aliphatic heterocycles. The zero-order chi connectivity index (χ0) is 14.7. The van der Waals surface area contributed by atoms with Gasteiger partial charge in [0.05, 0.1) is 0 Å². The van der Waals surface area contributed by atoms with E-state index < -0.39 is 11.6 Å². The van der Waals surface area contributed by atoms with Crippen molar-refractivity contribution in [2.75, 3.05) is 38.1 Å². The lowest BCUT2D eigenvalue weighted by molar-refractivity contribution is 0.212. The van der Waals surface area contributed by atoms with Crippen LogP contribution >= 0.6 is 0 Å². The quantitative estimate of drug-likeness (QED) is 0.917. The van der Waals surface area contributed by atoms with E-state index in [1.807, 2.05) is 4.90 Å². The lowest BCUT2D eigenvalue weighted by Crippen LogP contribution is -2.51. The summed E-state index contributed by atoms with van der Waals surface area (Å²) in [4.78, 5) is 4.07. The standard InChI is InChI=1S/C15H23F2N3/c1-3-12-10-20(7-6-19(12)2)15-13(16)8-11(4-5-18)9-14(15)17/h8-9,12H,3-7,10,18H2,1-2H3. The van der Waals surface area contributed by atoms with Crippen molar-refractivity contribution in [3.8, 4) is 0 Å². The molecule has 1 fully saturated rings. The predicted octanol–water partition coefficient (Wildman–Crippen LogP) is 2.00. The number of nitrogens with zero attached hydrogens (tertiary/aromatic N) is 2. The molecule has 112 valence electrons. The molecule has 1 aromatic carbocycles. The molecule has 3 nitrogen and oxygen atoms in total. The fourth-order valence-electron chi connectivity index (χ4n) is 2.82. The Balaban J connectivity index is 2.24. The minimum absolute atomic E-state index is 0.109. The van der Waals surface area contributed by atoms with Crippen LogP contribution in [0.4, 0.5) is 14.5 Å². The Morgan fingerprint density at radius 1 is 1.25 bits per heavy atom. The number of benzene rings is 1. The van der Waals surface area contributed by atoms with Crippen LogP contribution in [0.1, 0.15) is 18.9 Å². The second kappa shape index (κ2) is 6.50. The summed E-state index contributed by atoms with van der Waals surface area (Å²) in [6.45, 7) is 4.63. The van der Waals surface area contributed by atoms with Crippen LogP contribution in [0.2, 0.25) is 0 Å². The van der Waals surface area contributed by atoms with Gasteiger partial charge in [-0.05, 0) is 44.1 Å². The average molecular weight is 283 g/mol. The molecular weight excluding hydrogens is 260 g/mol. The van der Waals surface area contributed by atoms with Crippen molar-refractivity contribution in [1.82, 2.24) is 4.90 Å². The van der Waals surface area contributed by atoms with Crippen molar-refractivity contribution in [3.63, 3.8) is 0 Å². The molecular formula is C15H23F2N3. The van der Waals surface area contributed by atoms with Crippen molar-refractivity contribution >= 4 is 5.69 Å². The van der Waals surface area contributed by atoms with Gasteiger partial charge in [-0.15, -0.1) is 0 Å². The highest BCUT2D eigenvalue weighted by atomic mass is 19.1. The van der Waals surface area contributed by atoms with Crippen LogP contribution in [-0.4, -0.2) is 44.2 Å². The molecule has 20 heavy (non-hydrogen) atoms. The highest BCUT2D eigenvalue weighted by Crippen LogP contribution is 2.27. The molecule has 0 saturated carbocycles. The summed E-state index contributed by atoms with van der Waals surface area (Å²) < 4.78 is 28.4. The fourth-order valence-corrected chi connectivity index (χ4v) is 2.82. The summed E-state index contributed by atoms with van der Waals surface area (Å²) in [6, 6.07) is 3.15. The number of anilines is 1. The van der Waals surface area contributed by atoms with Crippen LogP contribution in [-0.2, 0) is 6.42 Å². The zero-order valence-corrected chi connectivity index (χ0v) is 12.2. The van der Waals surface area contributed by atoms with Gasteiger partial charge in [-0.2, -0.15) is 0 Å². The lowest BCUT2D eigenvalue weighted by atomic mass is 10.1. The van der Waals surface area contributed by atoms with E-state index >= 15 is 0 Å². The van der Waals surface area contributed by atoms with Crippen LogP contribution in [0.5, 0.6) is 0 Å². The number of rotatable bonds is 4. The maximum absolute atomic E-state index is 14.2. The van der Waals surface area contributed by atoms with Gasteiger partial charge in [0, 0.05) is 25.7 Å². The number of nitrogens with two attached hydrogens (primary N) is 1. The minimum Gasteiger partial charge on any atom is -0.364 e. The molecule has 0 bridgehead atoms. The molecule has 1 unspecified atom stereocenters. The summed E-state index contributed by atoms with van der Waals surface area (Å²) in [5, 5.41) is 0. The first kappa shape index (κ1) is 15.2. The Hall–Kier alpha value is -1.20. The topological polar surface area (TPSA) is 32.5 Å². The number of likely N-dealkylation sites (N-methyl/N-ethyl adjacent to an activating group) is 1. The van der Waals surface area contributed by atoms with E-state index in [4.69, 9.17) is 5.73 Å². The van der Waals surface area contributed by atoms with Crippen molar-refractivity contribution < 1.29 is 8.78 Å². The normalized spacial score (nSPS) is 20.4. The summed E-state index contributed by atoms with van der Waals surface area (Å²) in [5.41, 5.74) is 6.16. The first-order chi connectivity index (χ1) is 9.56. The highest BCUT2D eigenvalue weighted by molar-refractivity contribution is 5.51. The van der Waals surface area contributed by atoms with Gasteiger partial charge >= 0.3 is 0 Å². The van der Waals surface area contributed by atoms with Gasteiger partial charge in [-0.1, -0.05) is 6.92 Å². The van der Waals surface area contributed by atoms with Crippen LogP contribution < -0.4 is 10.6 Å². The Morgan fingerprint density at radius 2 is 1.90 bits per heavy atom. The van der Waals surface area contributed by atoms with Gasteiger partial charge in [0.25, 0.3) is 0 Å². The predicted molar refractivity (Wildman–Crippen MR) is 78.0 cm³/mol. The SMILES string of the molecule is CCC1CN(c2c(F)cc(CCN)cc2F)CCN1C. The molecule has 1 aromatic rings. The summed E-state index contributed by atoms with van der Waals surface area (Å²) in [6.07, 6.45) is 1.47. The van der Waals surface area contributed by atoms with Gasteiger partial charge in [-0.3, -0.25) is 4.90 Å². The largest absolute Gasteiger partial charge is 0.364 e. The minimum atomic E-state index is -0.479. The van der Waals surface area contributed by atoms with Crippen LogP contribution in [0.15, 0.2) is 12.1 Å². The van der Waals surface area contributed by atoms with Crippen molar-refractivity contribution in [2.24, 2.45) is 5.73 Å². The average Bonchev–Trinajstić information content (AvgIpc) is 2.40. The molecule has 5 heteroatoms. The van der Waals surface area contributed by atoms with Crippen molar-refractivity contribution in [2.45, 2.75) is 25.8 Å². The van der Waals surface area contributed by atoms with E-state index in [0.29, 0.717) is 37.7 Å². The summed E-state index contributed by atoms with van der Waals surface area (Å²) in [7, 11) is 2.06.